The van der Waals surface area contributed by atoms with Crippen LogP contribution in [0.25, 0.3) is 0 Å². The van der Waals surface area contributed by atoms with Crippen LogP contribution in [0.1, 0.15) is 91.5 Å². The molecule has 1 aromatic heterocycles. The quantitative estimate of drug-likeness (QED) is 0.0766. The molecule has 1 saturated heterocycles. The minimum atomic E-state index is -0.580. The Labute approximate surface area is 314 Å². The maximum absolute atomic E-state index is 11.5. The van der Waals surface area contributed by atoms with Crippen molar-refractivity contribution in [3.05, 3.63) is 48.0 Å². The van der Waals surface area contributed by atoms with Crippen molar-refractivity contribution in [2.45, 2.75) is 128 Å². The van der Waals surface area contributed by atoms with Crippen molar-refractivity contribution in [1.82, 2.24) is 14.1 Å². The summed E-state index contributed by atoms with van der Waals surface area (Å²) in [6, 6.07) is 10.1. The number of esters is 1. The summed E-state index contributed by atoms with van der Waals surface area (Å²) in [5.41, 5.74) is 1.20. The first-order valence-corrected chi connectivity index (χ1v) is 19.7. The lowest BCUT2D eigenvalue weighted by atomic mass is 9.85. The number of rotatable bonds is 19. The van der Waals surface area contributed by atoms with E-state index in [1.165, 1.54) is 5.56 Å². The van der Waals surface area contributed by atoms with Gasteiger partial charge in [0.25, 0.3) is 5.88 Å². The number of nitrogens with zero attached hydrogens (tertiary/aromatic N) is 3. The lowest BCUT2D eigenvalue weighted by molar-refractivity contribution is -0.147. The van der Waals surface area contributed by atoms with Crippen molar-refractivity contribution in [2.75, 3.05) is 44.4 Å². The van der Waals surface area contributed by atoms with Crippen molar-refractivity contribution in [2.24, 2.45) is 11.8 Å². The van der Waals surface area contributed by atoms with Crippen LogP contribution in [-0.2, 0) is 20.7 Å². The number of aliphatic hydroxyl groups excluding tert-OH is 4. The second kappa shape index (κ2) is 23.2. The van der Waals surface area contributed by atoms with E-state index in [1.54, 1.807) is 0 Å². The fourth-order valence-corrected chi connectivity index (χ4v) is 6.88. The molecular formula is C39H64N4O8S. The Morgan fingerprint density at radius 3 is 2.44 bits per heavy atom. The van der Waals surface area contributed by atoms with Gasteiger partial charge in [-0.25, -0.2) is 0 Å². The molecule has 2 fully saturated rings. The average Bonchev–Trinajstić information content (AvgIpc) is 3.69. The van der Waals surface area contributed by atoms with Crippen molar-refractivity contribution in [3.63, 3.8) is 0 Å². The summed E-state index contributed by atoms with van der Waals surface area (Å²) in [5, 5.41) is 44.4. The maximum Gasteiger partial charge on any atom is 0.306 e. The summed E-state index contributed by atoms with van der Waals surface area (Å²) in [7, 11) is 0. The molecule has 12 nitrogen and oxygen atoms in total. The number of carbonyl (C=O) groups excluding carboxylic acids is 1. The zero-order valence-electron chi connectivity index (χ0n) is 31.9. The Morgan fingerprint density at radius 2 is 1.75 bits per heavy atom. The van der Waals surface area contributed by atoms with Crippen molar-refractivity contribution < 1.29 is 39.4 Å². The first-order chi connectivity index (χ1) is 24.8. The number of allylic oxidation sites excluding steroid dienone is 2. The predicted octanol–water partition coefficient (Wildman–Crippen LogP) is 4.69. The van der Waals surface area contributed by atoms with E-state index in [9.17, 15) is 25.2 Å². The number of ether oxygens (including phenoxy) is 3. The number of β-amino-alcohol motifs (C(OH)–C–C–N with tert-alkyl or cyclic N) is 1. The number of morpholine rings is 1. The number of aromatic nitrogens is 2. The van der Waals surface area contributed by atoms with Gasteiger partial charge in [0.05, 0.1) is 49.4 Å². The molecule has 1 aromatic carbocycles. The third-order valence-corrected chi connectivity index (χ3v) is 9.69. The molecule has 52 heavy (non-hydrogen) atoms. The Kier molecular flexibility index (Phi) is 19.5. The lowest BCUT2D eigenvalue weighted by Crippen LogP contribution is -2.42. The van der Waals surface area contributed by atoms with Crippen LogP contribution in [0.15, 0.2) is 42.5 Å². The van der Waals surface area contributed by atoms with Gasteiger partial charge >= 0.3 is 5.97 Å². The van der Waals surface area contributed by atoms with Crippen LogP contribution >= 0.6 is 11.7 Å². The number of hydrogen-bond donors (Lipinski definition) is 5. The molecule has 0 radical (unpaired) electrons. The van der Waals surface area contributed by atoms with E-state index in [4.69, 9.17) is 14.2 Å². The fourth-order valence-electron chi connectivity index (χ4n) is 6.36. The second-order valence-electron chi connectivity index (χ2n) is 15.2. The van der Waals surface area contributed by atoms with Gasteiger partial charge in [-0.3, -0.25) is 4.79 Å². The number of nitrogens with one attached hydrogen (secondary N) is 1. The van der Waals surface area contributed by atoms with Crippen LogP contribution in [0.2, 0.25) is 0 Å². The number of aryl methyl sites for hydroxylation is 1. The first kappa shape index (κ1) is 43.8. The van der Waals surface area contributed by atoms with Crippen LogP contribution in [0.5, 0.6) is 5.88 Å². The van der Waals surface area contributed by atoms with Gasteiger partial charge in [0.1, 0.15) is 12.7 Å². The van der Waals surface area contributed by atoms with Gasteiger partial charge in [-0.15, -0.1) is 4.37 Å². The number of aliphatic hydroxyl groups is 4. The molecule has 1 aliphatic heterocycles. The third-order valence-electron chi connectivity index (χ3n) is 9.19. The van der Waals surface area contributed by atoms with E-state index in [0.717, 1.165) is 49.9 Å². The largest absolute Gasteiger partial charge is 0.472 e. The Hall–Kier alpha value is -2.65. The van der Waals surface area contributed by atoms with Gasteiger partial charge in [0.2, 0.25) is 5.82 Å². The molecule has 0 spiro atoms. The number of unbranched alkanes of at least 4 members (excludes halogenated alkanes) is 1. The molecule has 2 aliphatic rings. The number of benzene rings is 1. The topological polar surface area (TPSA) is 167 Å². The minimum absolute atomic E-state index is 0.00652. The molecule has 0 unspecified atom stereocenters. The van der Waals surface area contributed by atoms with Gasteiger partial charge in [0, 0.05) is 31.6 Å². The molecule has 2 aromatic rings. The highest BCUT2D eigenvalue weighted by atomic mass is 32.1. The van der Waals surface area contributed by atoms with Crippen LogP contribution < -0.4 is 15.0 Å². The molecule has 1 saturated carbocycles. The highest BCUT2D eigenvalue weighted by Crippen LogP contribution is 2.38. The van der Waals surface area contributed by atoms with Crippen molar-refractivity contribution in [3.8, 4) is 5.88 Å². The molecule has 1 aliphatic carbocycles. The molecular weight excluding hydrogens is 685 g/mol. The van der Waals surface area contributed by atoms with Crippen LogP contribution in [0.4, 0.5) is 5.82 Å². The normalized spacial score (nSPS) is 21.9. The molecule has 2 heterocycles. The maximum atomic E-state index is 11.5. The second-order valence-corrected chi connectivity index (χ2v) is 15.7. The zero-order chi connectivity index (χ0) is 37.9. The van der Waals surface area contributed by atoms with E-state index < -0.39 is 24.4 Å². The molecule has 294 valence electrons. The van der Waals surface area contributed by atoms with E-state index in [-0.39, 0.29) is 36.1 Å². The smallest absolute Gasteiger partial charge is 0.306 e. The molecule has 0 amide bonds. The van der Waals surface area contributed by atoms with Gasteiger partial charge in [0.15, 0.2) is 0 Å². The number of hydrogen-bond acceptors (Lipinski definition) is 13. The van der Waals surface area contributed by atoms with E-state index >= 15 is 0 Å². The standard InChI is InChI=1S/C26H40O5.C13H24N4O3S/c1-19(2)31-26(30)13-9-4-3-8-12-22-23(25(29)18-24(22)28)17-16-21(27)15-14-20-10-6-5-7-11-20;1-13(2,3)14-8-10(18)9-20-12-11(15-21-16-12)17-4-6-19-7-5-17/h3,5-8,10-11,19,21-25,27-29H,4,9,12-18H2,1-2H3;10,14,18H,4-9H2,1-3H3/t21-,22+,23+,24-,25+;10-/m00/s1. The Bertz CT molecular complexity index is 1280. The van der Waals surface area contributed by atoms with Gasteiger partial charge in [-0.05, 0) is 103 Å². The summed E-state index contributed by atoms with van der Waals surface area (Å²) < 4.78 is 24.5. The summed E-state index contributed by atoms with van der Waals surface area (Å²) in [6.45, 7) is 13.5. The predicted molar refractivity (Wildman–Crippen MR) is 205 cm³/mol. The number of carbonyl (C=O) groups is 1. The Morgan fingerprint density at radius 1 is 1.04 bits per heavy atom. The highest BCUT2D eigenvalue weighted by molar-refractivity contribution is 6.99. The van der Waals surface area contributed by atoms with Crippen molar-refractivity contribution >= 4 is 23.5 Å². The molecule has 13 heteroatoms. The molecule has 5 N–H and O–H groups in total. The third kappa shape index (κ3) is 17.0. The monoisotopic (exact) mass is 748 g/mol. The van der Waals surface area contributed by atoms with E-state index in [2.05, 4.69) is 57.9 Å². The van der Waals surface area contributed by atoms with Gasteiger partial charge in [-0.2, -0.15) is 4.37 Å². The van der Waals surface area contributed by atoms with Gasteiger partial charge in [-0.1, -0.05) is 42.5 Å². The fraction of sp³-hybridized carbons (Fsp3) is 0.718. The SMILES string of the molecule is CC(C)(C)NC[C@H](O)COc1nsnc1N1CCOCC1.CC(C)OC(=O)CCCC=CC[C@@H]1[C@@H](CC[C@@H](O)CCc2ccccc2)[C@H](O)C[C@@H]1O. The minimum Gasteiger partial charge on any atom is -0.472 e. The molecule has 6 atom stereocenters. The lowest BCUT2D eigenvalue weighted by Gasteiger charge is -2.27. The van der Waals surface area contributed by atoms with Crippen LogP contribution in [-0.4, -0.2) is 111 Å². The molecule has 4 rings (SSSR count). The summed E-state index contributed by atoms with van der Waals surface area (Å²) in [4.78, 5) is 13.6. The van der Waals surface area contributed by atoms with E-state index in [1.807, 2.05) is 38.1 Å². The zero-order valence-corrected chi connectivity index (χ0v) is 32.7. The van der Waals surface area contributed by atoms with Gasteiger partial charge < -0.3 is 44.9 Å². The summed E-state index contributed by atoms with van der Waals surface area (Å²) >= 11 is 1.12. The van der Waals surface area contributed by atoms with Crippen LogP contribution in [0, 0.1) is 11.8 Å². The summed E-state index contributed by atoms with van der Waals surface area (Å²) in [5.74, 6) is 1.10. The Balaban J connectivity index is 0.000000302. The van der Waals surface area contributed by atoms with Crippen LogP contribution in [0.3, 0.4) is 0 Å². The van der Waals surface area contributed by atoms with Crippen molar-refractivity contribution in [1.29, 1.82) is 0 Å². The first-order valence-electron chi connectivity index (χ1n) is 19.0. The number of anilines is 1. The molecule has 0 bridgehead atoms. The highest BCUT2D eigenvalue weighted by Gasteiger charge is 2.40. The van der Waals surface area contributed by atoms with E-state index in [0.29, 0.717) is 64.2 Å². The average molecular weight is 749 g/mol. The summed E-state index contributed by atoms with van der Waals surface area (Å²) in [6.07, 6.45) is 8.00.